The molecule has 0 unspecified atom stereocenters. The fourth-order valence-electron chi connectivity index (χ4n) is 2.54. The Labute approximate surface area is 94.1 Å². The van der Waals surface area contributed by atoms with Crippen LogP contribution in [0.15, 0.2) is 30.5 Å². The standard InChI is InChI=1S/C13H15FN2/c14-11-1-2-13-10(9-11)5-8-16(13)12-3-6-15-7-4-12/h1-2,5,8-9,12,15H,3-4,6-7H2. The molecule has 1 aliphatic heterocycles. The van der Waals surface area contributed by atoms with Gasteiger partial charge in [0.15, 0.2) is 0 Å². The zero-order valence-electron chi connectivity index (χ0n) is 9.12. The van der Waals surface area contributed by atoms with E-state index in [1.165, 1.54) is 0 Å². The minimum atomic E-state index is -0.157. The Hall–Kier alpha value is -1.35. The number of nitrogens with zero attached hydrogens (tertiary/aromatic N) is 1. The number of aromatic nitrogens is 1. The zero-order chi connectivity index (χ0) is 11.0. The van der Waals surface area contributed by atoms with Crippen molar-refractivity contribution in [1.29, 1.82) is 0 Å². The maximum atomic E-state index is 13.1. The normalized spacial score (nSPS) is 18.1. The molecule has 0 bridgehead atoms. The van der Waals surface area contributed by atoms with Crippen LogP contribution >= 0.6 is 0 Å². The van der Waals surface area contributed by atoms with Crippen molar-refractivity contribution in [3.8, 4) is 0 Å². The summed E-state index contributed by atoms with van der Waals surface area (Å²) in [5.74, 6) is -0.157. The van der Waals surface area contributed by atoms with Crippen molar-refractivity contribution in [3.63, 3.8) is 0 Å². The van der Waals surface area contributed by atoms with Crippen molar-refractivity contribution in [1.82, 2.24) is 9.88 Å². The Balaban J connectivity index is 2.03. The quantitative estimate of drug-likeness (QED) is 0.778. The number of hydrogen-bond acceptors (Lipinski definition) is 1. The number of benzene rings is 1. The molecule has 3 rings (SSSR count). The van der Waals surface area contributed by atoms with E-state index in [9.17, 15) is 4.39 Å². The average molecular weight is 218 g/mol. The minimum absolute atomic E-state index is 0.157. The van der Waals surface area contributed by atoms with Crippen LogP contribution in [0.25, 0.3) is 10.9 Å². The van der Waals surface area contributed by atoms with Crippen LogP contribution in [0.1, 0.15) is 18.9 Å². The molecule has 1 fully saturated rings. The Morgan fingerprint density at radius 3 is 2.81 bits per heavy atom. The maximum absolute atomic E-state index is 13.1. The molecule has 0 radical (unpaired) electrons. The lowest BCUT2D eigenvalue weighted by atomic mass is 10.1. The second-order valence-electron chi connectivity index (χ2n) is 4.41. The Morgan fingerprint density at radius 2 is 2.00 bits per heavy atom. The first-order valence-electron chi connectivity index (χ1n) is 5.81. The molecule has 1 aromatic heterocycles. The predicted octanol–water partition coefficient (Wildman–Crippen LogP) is 2.70. The fourth-order valence-corrected chi connectivity index (χ4v) is 2.54. The molecule has 2 nitrogen and oxygen atoms in total. The Bertz CT molecular complexity index is 498. The smallest absolute Gasteiger partial charge is 0.123 e. The number of nitrogens with one attached hydrogen (secondary N) is 1. The summed E-state index contributed by atoms with van der Waals surface area (Å²) in [6.07, 6.45) is 4.39. The van der Waals surface area contributed by atoms with Crippen molar-refractivity contribution in [2.75, 3.05) is 13.1 Å². The van der Waals surface area contributed by atoms with E-state index in [1.807, 2.05) is 12.1 Å². The molecular weight excluding hydrogens is 203 g/mol. The lowest BCUT2D eigenvalue weighted by Crippen LogP contribution is -2.29. The van der Waals surface area contributed by atoms with Crippen LogP contribution in [0.3, 0.4) is 0 Å². The second kappa shape index (κ2) is 3.91. The fraction of sp³-hybridized carbons (Fsp3) is 0.385. The van der Waals surface area contributed by atoms with E-state index in [0.717, 1.165) is 36.8 Å². The van der Waals surface area contributed by atoms with Crippen molar-refractivity contribution in [2.45, 2.75) is 18.9 Å². The summed E-state index contributed by atoms with van der Waals surface area (Å²) in [4.78, 5) is 0. The van der Waals surface area contributed by atoms with E-state index in [4.69, 9.17) is 0 Å². The summed E-state index contributed by atoms with van der Waals surface area (Å²) in [6.45, 7) is 2.15. The highest BCUT2D eigenvalue weighted by molar-refractivity contribution is 5.80. The highest BCUT2D eigenvalue weighted by Gasteiger charge is 2.16. The minimum Gasteiger partial charge on any atom is -0.344 e. The number of piperidine rings is 1. The van der Waals surface area contributed by atoms with Crippen molar-refractivity contribution in [2.24, 2.45) is 0 Å². The summed E-state index contributed by atoms with van der Waals surface area (Å²) in [5, 5.41) is 4.36. The van der Waals surface area contributed by atoms with Crippen LogP contribution in [-0.2, 0) is 0 Å². The van der Waals surface area contributed by atoms with E-state index < -0.39 is 0 Å². The third kappa shape index (κ3) is 1.61. The number of rotatable bonds is 1. The molecule has 0 aliphatic carbocycles. The van der Waals surface area contributed by atoms with Gasteiger partial charge < -0.3 is 9.88 Å². The van der Waals surface area contributed by atoms with Gasteiger partial charge in [0.2, 0.25) is 0 Å². The lowest BCUT2D eigenvalue weighted by molar-refractivity contribution is 0.376. The highest BCUT2D eigenvalue weighted by atomic mass is 19.1. The molecule has 1 aliphatic rings. The Morgan fingerprint density at radius 1 is 1.19 bits per heavy atom. The molecule has 0 amide bonds. The molecule has 2 heterocycles. The van der Waals surface area contributed by atoms with Crippen LogP contribution in [-0.4, -0.2) is 17.7 Å². The SMILES string of the molecule is Fc1ccc2c(ccn2C2CCNCC2)c1. The van der Waals surface area contributed by atoms with Crippen LogP contribution in [0.2, 0.25) is 0 Å². The first kappa shape index (κ1) is 9.85. The van der Waals surface area contributed by atoms with Crippen LogP contribution in [0.5, 0.6) is 0 Å². The van der Waals surface area contributed by atoms with E-state index in [0.29, 0.717) is 6.04 Å². The molecular formula is C13H15FN2. The molecule has 1 saturated heterocycles. The van der Waals surface area contributed by atoms with Gasteiger partial charge in [-0.05, 0) is 50.2 Å². The summed E-state index contributed by atoms with van der Waals surface area (Å²) >= 11 is 0. The van der Waals surface area contributed by atoms with Gasteiger partial charge in [0.1, 0.15) is 5.82 Å². The molecule has 2 aromatic rings. The topological polar surface area (TPSA) is 17.0 Å². The predicted molar refractivity (Wildman–Crippen MR) is 63.0 cm³/mol. The first-order valence-corrected chi connectivity index (χ1v) is 5.81. The number of fused-ring (bicyclic) bond motifs is 1. The van der Waals surface area contributed by atoms with E-state index in [2.05, 4.69) is 16.1 Å². The Kier molecular flexibility index (Phi) is 2.40. The first-order chi connectivity index (χ1) is 7.84. The van der Waals surface area contributed by atoms with Gasteiger partial charge in [-0.2, -0.15) is 0 Å². The molecule has 84 valence electrons. The number of hydrogen-bond donors (Lipinski definition) is 1. The molecule has 1 N–H and O–H groups in total. The molecule has 16 heavy (non-hydrogen) atoms. The van der Waals surface area contributed by atoms with Gasteiger partial charge in [0, 0.05) is 23.1 Å². The van der Waals surface area contributed by atoms with Gasteiger partial charge in [-0.25, -0.2) is 4.39 Å². The summed E-state index contributed by atoms with van der Waals surface area (Å²) in [7, 11) is 0. The largest absolute Gasteiger partial charge is 0.344 e. The van der Waals surface area contributed by atoms with Crippen molar-refractivity contribution in [3.05, 3.63) is 36.3 Å². The van der Waals surface area contributed by atoms with Crippen molar-refractivity contribution < 1.29 is 4.39 Å². The lowest BCUT2D eigenvalue weighted by Gasteiger charge is -2.25. The summed E-state index contributed by atoms with van der Waals surface area (Å²) < 4.78 is 15.4. The molecule has 3 heteroatoms. The second-order valence-corrected chi connectivity index (χ2v) is 4.41. The van der Waals surface area contributed by atoms with E-state index >= 15 is 0 Å². The van der Waals surface area contributed by atoms with Crippen molar-refractivity contribution >= 4 is 10.9 Å². The maximum Gasteiger partial charge on any atom is 0.123 e. The summed E-state index contributed by atoms with van der Waals surface area (Å²) in [6, 6.07) is 7.59. The average Bonchev–Trinajstić information content (AvgIpc) is 2.73. The van der Waals surface area contributed by atoms with Gasteiger partial charge in [-0.15, -0.1) is 0 Å². The van der Waals surface area contributed by atoms with Gasteiger partial charge >= 0.3 is 0 Å². The van der Waals surface area contributed by atoms with E-state index in [-0.39, 0.29) is 5.82 Å². The summed E-state index contributed by atoms with van der Waals surface area (Å²) in [5.41, 5.74) is 1.15. The highest BCUT2D eigenvalue weighted by Crippen LogP contribution is 2.25. The number of halogens is 1. The van der Waals surface area contributed by atoms with Crippen LogP contribution < -0.4 is 5.32 Å². The van der Waals surface area contributed by atoms with Gasteiger partial charge in [-0.1, -0.05) is 0 Å². The van der Waals surface area contributed by atoms with Crippen LogP contribution in [0, 0.1) is 5.82 Å². The monoisotopic (exact) mass is 218 g/mol. The van der Waals surface area contributed by atoms with E-state index in [1.54, 1.807) is 12.1 Å². The third-order valence-corrected chi connectivity index (χ3v) is 3.38. The van der Waals surface area contributed by atoms with Crippen LogP contribution in [0.4, 0.5) is 4.39 Å². The zero-order valence-corrected chi connectivity index (χ0v) is 9.12. The third-order valence-electron chi connectivity index (χ3n) is 3.38. The van der Waals surface area contributed by atoms with Gasteiger partial charge in [0.05, 0.1) is 0 Å². The molecule has 1 aromatic carbocycles. The molecule has 0 atom stereocenters. The van der Waals surface area contributed by atoms with Gasteiger partial charge in [-0.3, -0.25) is 0 Å². The van der Waals surface area contributed by atoms with Gasteiger partial charge in [0.25, 0.3) is 0 Å². The molecule has 0 spiro atoms. The molecule has 0 saturated carbocycles.